The van der Waals surface area contributed by atoms with Crippen LogP contribution in [0.4, 0.5) is 4.39 Å². The second-order valence-electron chi connectivity index (χ2n) is 5.80. The number of pyridine rings is 1. The summed E-state index contributed by atoms with van der Waals surface area (Å²) < 4.78 is 38.0. The largest absolute Gasteiger partial charge is 0.387 e. The molecule has 0 aliphatic heterocycles. The standard InChI is InChI=1S/C14H22FN3O3S/c1-22(20,21)18-13-4-2-12(3-5-13)17-9-14(19)10-6-11(15)8-16-7-10/h6-8,12-14,17-19H,2-5,9H2,1H3/t12-,13-,14-/m0/s1. The zero-order valence-corrected chi connectivity index (χ0v) is 13.3. The minimum atomic E-state index is -3.16. The molecule has 2 rings (SSSR count). The van der Waals surface area contributed by atoms with Crippen LogP contribution in [0, 0.1) is 5.82 Å². The first-order valence-corrected chi connectivity index (χ1v) is 9.22. The van der Waals surface area contributed by atoms with E-state index >= 15 is 0 Å². The number of hydrogen-bond acceptors (Lipinski definition) is 5. The van der Waals surface area contributed by atoms with Gasteiger partial charge in [0.15, 0.2) is 0 Å². The molecule has 1 fully saturated rings. The van der Waals surface area contributed by atoms with Crippen LogP contribution in [0.3, 0.4) is 0 Å². The summed E-state index contributed by atoms with van der Waals surface area (Å²) in [5, 5.41) is 13.3. The van der Waals surface area contributed by atoms with Gasteiger partial charge in [0.05, 0.1) is 18.6 Å². The zero-order valence-electron chi connectivity index (χ0n) is 12.5. The minimum absolute atomic E-state index is 0.00890. The highest BCUT2D eigenvalue weighted by atomic mass is 32.2. The Bertz CT molecular complexity index is 589. The summed E-state index contributed by atoms with van der Waals surface area (Å²) in [5.74, 6) is -0.469. The Morgan fingerprint density at radius 3 is 2.55 bits per heavy atom. The molecule has 1 aliphatic carbocycles. The quantitative estimate of drug-likeness (QED) is 0.714. The molecule has 1 heterocycles. The van der Waals surface area contributed by atoms with Gasteiger partial charge in [-0.25, -0.2) is 17.5 Å². The fourth-order valence-electron chi connectivity index (χ4n) is 2.72. The van der Waals surface area contributed by atoms with Crippen LogP contribution in [0.15, 0.2) is 18.5 Å². The Morgan fingerprint density at radius 2 is 1.95 bits per heavy atom. The van der Waals surface area contributed by atoms with Crippen molar-refractivity contribution >= 4 is 10.0 Å². The Kier molecular flexibility index (Phi) is 5.85. The van der Waals surface area contributed by atoms with E-state index in [1.807, 2.05) is 0 Å². The third kappa shape index (κ3) is 5.60. The van der Waals surface area contributed by atoms with Crippen LogP contribution in [0.25, 0.3) is 0 Å². The molecule has 0 amide bonds. The number of rotatable bonds is 6. The predicted molar refractivity (Wildman–Crippen MR) is 81.2 cm³/mol. The Labute approximate surface area is 130 Å². The van der Waals surface area contributed by atoms with E-state index in [-0.39, 0.29) is 12.1 Å². The number of halogens is 1. The SMILES string of the molecule is CS(=O)(=O)N[C@H]1CC[C@H](NC[C@H](O)c2cncc(F)c2)CC1. The van der Waals surface area contributed by atoms with Gasteiger partial charge in [-0.05, 0) is 31.7 Å². The predicted octanol–water partition coefficient (Wildman–Crippen LogP) is 0.704. The lowest BCUT2D eigenvalue weighted by Crippen LogP contribution is -2.42. The first kappa shape index (κ1) is 17.3. The second kappa shape index (κ2) is 7.45. The van der Waals surface area contributed by atoms with Crippen molar-refractivity contribution in [3.8, 4) is 0 Å². The van der Waals surface area contributed by atoms with Gasteiger partial charge in [-0.15, -0.1) is 0 Å². The van der Waals surface area contributed by atoms with Crippen molar-refractivity contribution in [3.63, 3.8) is 0 Å². The third-order valence-electron chi connectivity index (χ3n) is 3.82. The van der Waals surface area contributed by atoms with Crippen molar-refractivity contribution < 1.29 is 17.9 Å². The van der Waals surface area contributed by atoms with E-state index in [4.69, 9.17) is 0 Å². The maximum Gasteiger partial charge on any atom is 0.208 e. The summed E-state index contributed by atoms with van der Waals surface area (Å²) in [4.78, 5) is 3.72. The van der Waals surface area contributed by atoms with Gasteiger partial charge in [-0.1, -0.05) is 0 Å². The van der Waals surface area contributed by atoms with Gasteiger partial charge in [0.1, 0.15) is 5.82 Å². The Morgan fingerprint density at radius 1 is 1.32 bits per heavy atom. The van der Waals surface area contributed by atoms with Crippen molar-refractivity contribution in [1.82, 2.24) is 15.0 Å². The van der Waals surface area contributed by atoms with Gasteiger partial charge in [-0.3, -0.25) is 4.98 Å². The highest BCUT2D eigenvalue weighted by Gasteiger charge is 2.23. The molecule has 0 bridgehead atoms. The van der Waals surface area contributed by atoms with Crippen molar-refractivity contribution in [1.29, 1.82) is 0 Å². The molecular weight excluding hydrogens is 309 g/mol. The van der Waals surface area contributed by atoms with Crippen molar-refractivity contribution in [3.05, 3.63) is 29.8 Å². The van der Waals surface area contributed by atoms with Crippen LogP contribution in [0.5, 0.6) is 0 Å². The number of sulfonamides is 1. The zero-order chi connectivity index (χ0) is 16.2. The summed E-state index contributed by atoms with van der Waals surface area (Å²) in [5.41, 5.74) is 0.444. The van der Waals surface area contributed by atoms with Crippen LogP contribution in [-0.4, -0.2) is 43.4 Å². The molecule has 0 unspecified atom stereocenters. The number of hydrogen-bond donors (Lipinski definition) is 3. The lowest BCUT2D eigenvalue weighted by molar-refractivity contribution is 0.163. The molecule has 1 aromatic heterocycles. The number of aliphatic hydroxyl groups excluding tert-OH is 1. The molecule has 22 heavy (non-hydrogen) atoms. The van der Waals surface area contributed by atoms with E-state index in [2.05, 4.69) is 15.0 Å². The molecule has 1 aliphatic rings. The van der Waals surface area contributed by atoms with Crippen LogP contribution in [0.2, 0.25) is 0 Å². The highest BCUT2D eigenvalue weighted by Crippen LogP contribution is 2.20. The molecule has 1 atom stereocenters. The number of nitrogens with zero attached hydrogens (tertiary/aromatic N) is 1. The van der Waals surface area contributed by atoms with Gasteiger partial charge < -0.3 is 10.4 Å². The topological polar surface area (TPSA) is 91.3 Å². The molecular formula is C14H22FN3O3S. The van der Waals surface area contributed by atoms with Crippen LogP contribution >= 0.6 is 0 Å². The van der Waals surface area contributed by atoms with Crippen LogP contribution in [0.1, 0.15) is 37.4 Å². The fourth-order valence-corrected chi connectivity index (χ4v) is 3.57. The lowest BCUT2D eigenvalue weighted by atomic mass is 9.91. The van der Waals surface area contributed by atoms with Crippen LogP contribution in [-0.2, 0) is 10.0 Å². The first-order valence-electron chi connectivity index (χ1n) is 7.32. The van der Waals surface area contributed by atoms with Gasteiger partial charge in [0.2, 0.25) is 10.0 Å². The molecule has 6 nitrogen and oxygen atoms in total. The van der Waals surface area contributed by atoms with E-state index in [0.29, 0.717) is 12.1 Å². The molecule has 0 radical (unpaired) electrons. The van der Waals surface area contributed by atoms with E-state index < -0.39 is 21.9 Å². The second-order valence-corrected chi connectivity index (χ2v) is 7.58. The van der Waals surface area contributed by atoms with Crippen molar-refractivity contribution in [2.45, 2.75) is 43.9 Å². The molecule has 3 N–H and O–H groups in total. The number of aliphatic hydroxyl groups is 1. The minimum Gasteiger partial charge on any atom is -0.387 e. The third-order valence-corrected chi connectivity index (χ3v) is 4.58. The summed E-state index contributed by atoms with van der Waals surface area (Å²) in [6.45, 7) is 0.319. The normalized spacial score (nSPS) is 24.1. The number of nitrogens with one attached hydrogen (secondary N) is 2. The summed E-state index contributed by atoms with van der Waals surface area (Å²) in [6, 6.07) is 1.49. The fraction of sp³-hybridized carbons (Fsp3) is 0.643. The lowest BCUT2D eigenvalue weighted by Gasteiger charge is -2.29. The smallest absolute Gasteiger partial charge is 0.208 e. The first-order chi connectivity index (χ1) is 10.3. The monoisotopic (exact) mass is 331 g/mol. The van der Waals surface area contributed by atoms with Gasteiger partial charge in [-0.2, -0.15) is 0 Å². The molecule has 0 saturated heterocycles. The Hall–Kier alpha value is -1.09. The van der Waals surface area contributed by atoms with E-state index in [9.17, 15) is 17.9 Å². The highest BCUT2D eigenvalue weighted by molar-refractivity contribution is 7.88. The van der Waals surface area contributed by atoms with E-state index in [1.54, 1.807) is 0 Å². The summed E-state index contributed by atoms with van der Waals surface area (Å²) in [7, 11) is -3.16. The maximum atomic E-state index is 13.1. The molecule has 0 spiro atoms. The van der Waals surface area contributed by atoms with Gasteiger partial charge in [0, 0.05) is 30.4 Å². The van der Waals surface area contributed by atoms with E-state index in [0.717, 1.165) is 31.9 Å². The molecule has 0 aromatic carbocycles. The molecule has 1 aromatic rings. The van der Waals surface area contributed by atoms with Gasteiger partial charge >= 0.3 is 0 Å². The number of aromatic nitrogens is 1. The average Bonchev–Trinajstić information content (AvgIpc) is 2.44. The summed E-state index contributed by atoms with van der Waals surface area (Å²) >= 11 is 0. The van der Waals surface area contributed by atoms with Crippen LogP contribution < -0.4 is 10.0 Å². The van der Waals surface area contributed by atoms with Crippen molar-refractivity contribution in [2.24, 2.45) is 0 Å². The average molecular weight is 331 g/mol. The molecule has 124 valence electrons. The van der Waals surface area contributed by atoms with E-state index in [1.165, 1.54) is 18.5 Å². The maximum absolute atomic E-state index is 13.1. The molecule has 8 heteroatoms. The molecule has 1 saturated carbocycles. The Balaban J connectivity index is 1.75. The summed E-state index contributed by atoms with van der Waals surface area (Å²) in [6.07, 6.45) is 6.10. The van der Waals surface area contributed by atoms with Gasteiger partial charge in [0.25, 0.3) is 0 Å². The van der Waals surface area contributed by atoms with Crippen molar-refractivity contribution in [2.75, 3.05) is 12.8 Å².